The van der Waals surface area contributed by atoms with Crippen LogP contribution >= 0.6 is 11.3 Å². The molecule has 0 aliphatic heterocycles. The molecule has 0 fully saturated rings. The van der Waals surface area contributed by atoms with Crippen LogP contribution < -0.4 is 10.1 Å². The number of benzene rings is 2. The maximum Gasteiger partial charge on any atom is 0.311 e. The number of H-pyrrole nitrogens is 1. The summed E-state index contributed by atoms with van der Waals surface area (Å²) in [6.45, 7) is 0. The van der Waals surface area contributed by atoms with E-state index in [0.29, 0.717) is 11.3 Å². The Hall–Kier alpha value is -4.63. The predicted octanol–water partition coefficient (Wildman–Crippen LogP) is 3.88. The number of ether oxygens (including phenoxy) is 1. The average Bonchev–Trinajstić information content (AvgIpc) is 3.52. The van der Waals surface area contributed by atoms with Crippen molar-refractivity contribution in [3.05, 3.63) is 70.0 Å². The zero-order chi connectivity index (χ0) is 22.5. The fourth-order valence-corrected chi connectivity index (χ4v) is 3.68. The van der Waals surface area contributed by atoms with Gasteiger partial charge in [0, 0.05) is 34.5 Å². The van der Waals surface area contributed by atoms with Crippen molar-refractivity contribution in [2.45, 2.75) is 0 Å². The van der Waals surface area contributed by atoms with Gasteiger partial charge >= 0.3 is 5.69 Å². The van der Waals surface area contributed by atoms with Crippen LogP contribution in [0.1, 0.15) is 5.82 Å². The van der Waals surface area contributed by atoms with Crippen molar-refractivity contribution in [3.8, 4) is 33.6 Å². The van der Waals surface area contributed by atoms with E-state index >= 15 is 0 Å². The van der Waals surface area contributed by atoms with Gasteiger partial charge in [0.05, 0.1) is 17.7 Å². The number of aromatic amines is 1. The van der Waals surface area contributed by atoms with E-state index in [1.54, 1.807) is 12.1 Å². The Labute approximate surface area is 185 Å². The van der Waals surface area contributed by atoms with E-state index in [0.717, 1.165) is 16.3 Å². The third-order valence-corrected chi connectivity index (χ3v) is 5.27. The first-order valence-electron chi connectivity index (χ1n) is 9.08. The van der Waals surface area contributed by atoms with Gasteiger partial charge in [0.2, 0.25) is 5.82 Å². The Morgan fingerprint density at radius 3 is 2.91 bits per heavy atom. The summed E-state index contributed by atoms with van der Waals surface area (Å²) in [5.74, 6) is 0.382. The number of nitro groups is 1. The van der Waals surface area contributed by atoms with Crippen molar-refractivity contribution in [2.75, 3.05) is 12.4 Å². The average molecular weight is 446 g/mol. The van der Waals surface area contributed by atoms with Crippen LogP contribution in [0.15, 0.2) is 54.0 Å². The molecule has 4 aromatic rings. The SMILES string of the molecule is COc1ccc(-c2csc(-c3cccc(NC=C(C#N)c4nn[nH]n4)c3)n2)cc1[N+](=O)[O-]. The van der Waals surface area contributed by atoms with Crippen molar-refractivity contribution in [3.63, 3.8) is 0 Å². The second-order valence-corrected chi connectivity index (χ2v) is 7.17. The van der Waals surface area contributed by atoms with Crippen molar-refractivity contribution in [1.29, 1.82) is 5.26 Å². The van der Waals surface area contributed by atoms with E-state index < -0.39 is 4.92 Å². The molecule has 0 bridgehead atoms. The number of anilines is 1. The van der Waals surface area contributed by atoms with Crippen molar-refractivity contribution >= 4 is 28.3 Å². The third-order valence-electron chi connectivity index (χ3n) is 4.37. The van der Waals surface area contributed by atoms with Crippen molar-refractivity contribution in [2.24, 2.45) is 0 Å². The summed E-state index contributed by atoms with van der Waals surface area (Å²) in [6, 6.07) is 14.2. The number of thiazole rings is 1. The molecule has 0 saturated carbocycles. The summed E-state index contributed by atoms with van der Waals surface area (Å²) in [7, 11) is 1.39. The highest BCUT2D eigenvalue weighted by molar-refractivity contribution is 7.13. The first-order chi connectivity index (χ1) is 15.6. The fourth-order valence-electron chi connectivity index (χ4n) is 2.85. The molecule has 0 aliphatic carbocycles. The largest absolute Gasteiger partial charge is 0.490 e. The minimum absolute atomic E-state index is 0.118. The summed E-state index contributed by atoms with van der Waals surface area (Å²) in [4.78, 5) is 15.4. The third kappa shape index (κ3) is 4.27. The normalized spacial score (nSPS) is 11.1. The molecule has 0 saturated heterocycles. The molecule has 0 amide bonds. The summed E-state index contributed by atoms with van der Waals surface area (Å²) < 4.78 is 5.05. The topological polar surface area (TPSA) is 156 Å². The number of aromatic nitrogens is 5. The quantitative estimate of drug-likeness (QED) is 0.244. The number of nitriles is 1. The Morgan fingerprint density at radius 2 is 2.19 bits per heavy atom. The molecule has 0 radical (unpaired) electrons. The van der Waals surface area contributed by atoms with Crippen LogP contribution in [0.4, 0.5) is 11.4 Å². The summed E-state index contributed by atoms with van der Waals surface area (Å²) in [5, 5.41) is 39.5. The molecule has 0 spiro atoms. The zero-order valence-corrected chi connectivity index (χ0v) is 17.3. The van der Waals surface area contributed by atoms with Gasteiger partial charge in [-0.25, -0.2) is 4.98 Å². The number of methoxy groups -OCH3 is 1. The number of nitrogens with zero attached hydrogens (tertiary/aromatic N) is 6. The van der Waals surface area contributed by atoms with Gasteiger partial charge in [-0.05, 0) is 29.5 Å². The minimum atomic E-state index is -0.484. The predicted molar refractivity (Wildman–Crippen MR) is 118 cm³/mol. The van der Waals surface area contributed by atoms with Crippen molar-refractivity contribution in [1.82, 2.24) is 25.6 Å². The zero-order valence-electron chi connectivity index (χ0n) is 16.5. The van der Waals surface area contributed by atoms with Gasteiger partial charge in [0.1, 0.15) is 16.6 Å². The molecule has 158 valence electrons. The Bertz CT molecular complexity index is 1340. The lowest BCUT2D eigenvalue weighted by molar-refractivity contribution is -0.385. The minimum Gasteiger partial charge on any atom is -0.490 e. The van der Waals surface area contributed by atoms with E-state index in [-0.39, 0.29) is 22.8 Å². The van der Waals surface area contributed by atoms with Gasteiger partial charge in [-0.1, -0.05) is 12.1 Å². The number of rotatable bonds is 7. The molecule has 12 heteroatoms. The van der Waals surface area contributed by atoms with E-state index in [9.17, 15) is 15.4 Å². The monoisotopic (exact) mass is 446 g/mol. The first kappa shape index (κ1) is 20.6. The van der Waals surface area contributed by atoms with Crippen molar-refractivity contribution < 1.29 is 9.66 Å². The molecule has 0 unspecified atom stereocenters. The molecule has 2 aromatic heterocycles. The molecule has 0 aliphatic rings. The molecular weight excluding hydrogens is 432 g/mol. The fraction of sp³-hybridized carbons (Fsp3) is 0.0500. The maximum absolute atomic E-state index is 11.3. The van der Waals surface area contributed by atoms with Crippen LogP contribution in [0.25, 0.3) is 27.4 Å². The summed E-state index contributed by atoms with van der Waals surface area (Å²) in [6.07, 6.45) is 1.49. The number of nitrogens with one attached hydrogen (secondary N) is 2. The molecule has 2 aromatic carbocycles. The van der Waals surface area contributed by atoms with Gasteiger partial charge in [0.25, 0.3) is 0 Å². The standard InChI is InChI=1S/C20H14N8O3S/c1-31-18-6-5-12(8-17(18)28(29)30)16-11-32-20(23-16)13-3-2-4-15(7-13)22-10-14(9-21)19-24-26-27-25-19/h2-8,10-11,22H,1H3,(H,24,25,26,27). The van der Waals surface area contributed by atoms with Crippen LogP contribution in [-0.4, -0.2) is 37.6 Å². The maximum atomic E-state index is 11.3. The number of allylic oxidation sites excluding steroid dienone is 1. The number of hydrogen-bond acceptors (Lipinski definition) is 10. The Balaban J connectivity index is 1.58. The number of tetrazole rings is 1. The van der Waals surface area contributed by atoms with Crippen LogP contribution in [0.5, 0.6) is 5.75 Å². The highest BCUT2D eigenvalue weighted by atomic mass is 32.1. The molecule has 2 N–H and O–H groups in total. The van der Waals surface area contributed by atoms with Gasteiger partial charge in [0.15, 0.2) is 5.75 Å². The Morgan fingerprint density at radius 1 is 1.31 bits per heavy atom. The van der Waals surface area contributed by atoms with Gasteiger partial charge in [-0.15, -0.1) is 21.5 Å². The van der Waals surface area contributed by atoms with Crippen LogP contribution in [0.2, 0.25) is 0 Å². The molecule has 11 nitrogen and oxygen atoms in total. The highest BCUT2D eigenvalue weighted by Crippen LogP contribution is 2.35. The molecule has 4 rings (SSSR count). The molecule has 0 atom stereocenters. The lowest BCUT2D eigenvalue weighted by Gasteiger charge is -2.04. The van der Waals surface area contributed by atoms with E-state index in [4.69, 9.17) is 4.74 Å². The van der Waals surface area contributed by atoms with E-state index in [1.807, 2.05) is 35.7 Å². The van der Waals surface area contributed by atoms with Gasteiger partial charge in [-0.2, -0.15) is 10.5 Å². The first-order valence-corrected chi connectivity index (χ1v) is 9.96. The van der Waals surface area contributed by atoms with Crippen LogP contribution in [-0.2, 0) is 0 Å². The number of hydrogen-bond donors (Lipinski definition) is 2. The lowest BCUT2D eigenvalue weighted by atomic mass is 10.1. The van der Waals surface area contributed by atoms with E-state index in [2.05, 4.69) is 30.9 Å². The van der Waals surface area contributed by atoms with Crippen LogP contribution in [0.3, 0.4) is 0 Å². The van der Waals surface area contributed by atoms with Gasteiger partial charge < -0.3 is 10.1 Å². The van der Waals surface area contributed by atoms with E-state index in [1.165, 1.54) is 30.7 Å². The molecular formula is C20H14N8O3S. The molecule has 2 heterocycles. The van der Waals surface area contributed by atoms with Gasteiger partial charge in [-0.3, -0.25) is 10.1 Å². The number of nitro benzene ring substituents is 1. The van der Waals surface area contributed by atoms with Crippen LogP contribution in [0, 0.1) is 21.4 Å². The molecule has 32 heavy (non-hydrogen) atoms. The Kier molecular flexibility index (Phi) is 5.82. The second kappa shape index (κ2) is 9.02. The second-order valence-electron chi connectivity index (χ2n) is 6.31. The highest BCUT2D eigenvalue weighted by Gasteiger charge is 2.17. The smallest absolute Gasteiger partial charge is 0.311 e. The summed E-state index contributed by atoms with van der Waals surface area (Å²) in [5.41, 5.74) is 2.93. The summed E-state index contributed by atoms with van der Waals surface area (Å²) >= 11 is 1.42. The lowest BCUT2D eigenvalue weighted by Crippen LogP contribution is -1.94.